The number of carbonyl (C=O) groups is 1. The van der Waals surface area contributed by atoms with Gasteiger partial charge in [-0.1, -0.05) is 6.08 Å². The molecule has 0 amide bonds. The van der Waals surface area contributed by atoms with Gasteiger partial charge in [0.1, 0.15) is 6.04 Å². The van der Waals surface area contributed by atoms with E-state index in [9.17, 15) is 4.79 Å². The Morgan fingerprint density at radius 3 is 2.71 bits per heavy atom. The lowest BCUT2D eigenvalue weighted by atomic mass is 10.2. The van der Waals surface area contributed by atoms with Gasteiger partial charge in [0.25, 0.3) is 0 Å². The average Bonchev–Trinajstić information content (AvgIpc) is 2.32. The SMILES string of the molecule is C=CC(C(=O)O)N1CCCN(C)CC1. The van der Waals surface area contributed by atoms with Crippen LogP contribution in [0.25, 0.3) is 0 Å². The minimum absolute atomic E-state index is 0.526. The Bertz CT molecular complexity index is 218. The second-order valence-corrected chi connectivity index (χ2v) is 3.71. The molecule has 0 spiro atoms. The summed E-state index contributed by atoms with van der Waals surface area (Å²) in [5.74, 6) is -0.801. The van der Waals surface area contributed by atoms with E-state index in [1.54, 1.807) is 0 Å². The second-order valence-electron chi connectivity index (χ2n) is 3.71. The molecule has 0 aromatic carbocycles. The number of carboxylic acid groups (broad SMARTS) is 1. The highest BCUT2D eigenvalue weighted by Crippen LogP contribution is 2.07. The van der Waals surface area contributed by atoms with E-state index < -0.39 is 12.0 Å². The number of hydrogen-bond donors (Lipinski definition) is 1. The maximum Gasteiger partial charge on any atom is 0.324 e. The molecule has 4 nitrogen and oxygen atoms in total. The van der Waals surface area contributed by atoms with Crippen LogP contribution in [0.15, 0.2) is 12.7 Å². The topological polar surface area (TPSA) is 43.8 Å². The Morgan fingerprint density at radius 2 is 2.14 bits per heavy atom. The smallest absolute Gasteiger partial charge is 0.324 e. The third kappa shape index (κ3) is 2.82. The second kappa shape index (κ2) is 5.12. The lowest BCUT2D eigenvalue weighted by molar-refractivity contribution is -0.141. The molecule has 0 aliphatic carbocycles. The number of aliphatic carboxylic acids is 1. The van der Waals surface area contributed by atoms with Crippen molar-refractivity contribution in [3.8, 4) is 0 Å². The number of carboxylic acids is 1. The zero-order valence-electron chi connectivity index (χ0n) is 8.65. The van der Waals surface area contributed by atoms with E-state index in [0.717, 1.165) is 32.6 Å². The van der Waals surface area contributed by atoms with Gasteiger partial charge in [-0.2, -0.15) is 0 Å². The van der Waals surface area contributed by atoms with Crippen LogP contribution < -0.4 is 0 Å². The van der Waals surface area contributed by atoms with E-state index in [2.05, 4.69) is 18.5 Å². The summed E-state index contributed by atoms with van der Waals surface area (Å²) in [5.41, 5.74) is 0. The largest absolute Gasteiger partial charge is 0.480 e. The van der Waals surface area contributed by atoms with Crippen molar-refractivity contribution in [2.45, 2.75) is 12.5 Å². The van der Waals surface area contributed by atoms with Crippen molar-refractivity contribution in [3.05, 3.63) is 12.7 Å². The van der Waals surface area contributed by atoms with Crippen LogP contribution in [-0.2, 0) is 4.79 Å². The molecule has 14 heavy (non-hydrogen) atoms. The summed E-state index contributed by atoms with van der Waals surface area (Å²) in [6, 6.07) is -0.526. The zero-order valence-corrected chi connectivity index (χ0v) is 8.65. The summed E-state index contributed by atoms with van der Waals surface area (Å²) in [6.07, 6.45) is 2.53. The molecular formula is C10H18N2O2. The van der Waals surface area contributed by atoms with Crippen LogP contribution in [0.3, 0.4) is 0 Å². The normalized spacial score (nSPS) is 22.6. The Morgan fingerprint density at radius 1 is 1.43 bits per heavy atom. The van der Waals surface area contributed by atoms with Gasteiger partial charge in [-0.3, -0.25) is 9.69 Å². The first kappa shape index (κ1) is 11.2. The monoisotopic (exact) mass is 198 g/mol. The van der Waals surface area contributed by atoms with Gasteiger partial charge in [-0.25, -0.2) is 0 Å². The quantitative estimate of drug-likeness (QED) is 0.661. The minimum Gasteiger partial charge on any atom is -0.480 e. The molecule has 0 aromatic rings. The van der Waals surface area contributed by atoms with Crippen molar-refractivity contribution in [2.75, 3.05) is 33.2 Å². The number of likely N-dealkylation sites (N-methyl/N-ethyl adjacent to an activating group) is 1. The fourth-order valence-corrected chi connectivity index (χ4v) is 1.75. The predicted molar refractivity (Wildman–Crippen MR) is 55.3 cm³/mol. The lowest BCUT2D eigenvalue weighted by Crippen LogP contribution is -2.41. The molecule has 4 heteroatoms. The van der Waals surface area contributed by atoms with Crippen molar-refractivity contribution < 1.29 is 9.90 Å². The summed E-state index contributed by atoms with van der Waals surface area (Å²) in [7, 11) is 2.06. The molecule has 1 heterocycles. The van der Waals surface area contributed by atoms with Crippen LogP contribution in [-0.4, -0.2) is 60.1 Å². The van der Waals surface area contributed by atoms with Crippen LogP contribution in [0.1, 0.15) is 6.42 Å². The zero-order chi connectivity index (χ0) is 10.6. The third-order valence-electron chi connectivity index (χ3n) is 2.62. The molecule has 1 saturated heterocycles. The Labute approximate surface area is 84.8 Å². The highest BCUT2D eigenvalue weighted by Gasteiger charge is 2.23. The van der Waals surface area contributed by atoms with Gasteiger partial charge in [-0.15, -0.1) is 6.58 Å². The van der Waals surface area contributed by atoms with E-state index in [-0.39, 0.29) is 0 Å². The Kier molecular flexibility index (Phi) is 4.10. The van der Waals surface area contributed by atoms with E-state index in [1.165, 1.54) is 6.08 Å². The first-order chi connectivity index (χ1) is 6.65. The molecule has 1 unspecified atom stereocenters. The first-order valence-electron chi connectivity index (χ1n) is 4.93. The van der Waals surface area contributed by atoms with E-state index in [1.807, 2.05) is 4.90 Å². The fourth-order valence-electron chi connectivity index (χ4n) is 1.75. The van der Waals surface area contributed by atoms with Gasteiger partial charge in [0.15, 0.2) is 0 Å². The van der Waals surface area contributed by atoms with Gasteiger partial charge >= 0.3 is 5.97 Å². The van der Waals surface area contributed by atoms with E-state index in [4.69, 9.17) is 5.11 Å². The van der Waals surface area contributed by atoms with E-state index in [0.29, 0.717) is 0 Å². The molecule has 1 N–H and O–H groups in total. The van der Waals surface area contributed by atoms with Gasteiger partial charge in [-0.05, 0) is 20.0 Å². The van der Waals surface area contributed by atoms with Crippen LogP contribution in [0, 0.1) is 0 Å². The minimum atomic E-state index is -0.801. The maximum atomic E-state index is 10.9. The van der Waals surface area contributed by atoms with Crippen LogP contribution >= 0.6 is 0 Å². The Hall–Kier alpha value is -0.870. The van der Waals surface area contributed by atoms with Gasteiger partial charge < -0.3 is 10.0 Å². The molecular weight excluding hydrogens is 180 g/mol. The summed E-state index contributed by atoms with van der Waals surface area (Å²) < 4.78 is 0. The number of rotatable bonds is 3. The predicted octanol–water partition coefficient (Wildman–Crippen LogP) is 0.263. The summed E-state index contributed by atoms with van der Waals surface area (Å²) in [6.45, 7) is 7.19. The van der Waals surface area contributed by atoms with Gasteiger partial charge in [0.05, 0.1) is 0 Å². The van der Waals surface area contributed by atoms with Crippen LogP contribution in [0.5, 0.6) is 0 Å². The molecule has 0 bridgehead atoms. The van der Waals surface area contributed by atoms with Crippen molar-refractivity contribution in [3.63, 3.8) is 0 Å². The third-order valence-corrected chi connectivity index (χ3v) is 2.62. The average molecular weight is 198 g/mol. The molecule has 1 aliphatic rings. The van der Waals surface area contributed by atoms with Crippen LogP contribution in [0.2, 0.25) is 0 Å². The molecule has 1 fully saturated rings. The molecule has 0 radical (unpaired) electrons. The van der Waals surface area contributed by atoms with Gasteiger partial charge in [0.2, 0.25) is 0 Å². The van der Waals surface area contributed by atoms with Crippen LogP contribution in [0.4, 0.5) is 0 Å². The highest BCUT2D eigenvalue weighted by atomic mass is 16.4. The molecule has 1 atom stereocenters. The molecule has 0 aromatic heterocycles. The first-order valence-corrected chi connectivity index (χ1v) is 4.93. The van der Waals surface area contributed by atoms with Crippen molar-refractivity contribution >= 4 is 5.97 Å². The van der Waals surface area contributed by atoms with Crippen molar-refractivity contribution in [2.24, 2.45) is 0 Å². The lowest BCUT2D eigenvalue weighted by Gasteiger charge is -2.24. The molecule has 1 rings (SSSR count). The summed E-state index contributed by atoms with van der Waals surface area (Å²) in [5, 5.41) is 8.96. The van der Waals surface area contributed by atoms with Gasteiger partial charge in [0, 0.05) is 19.6 Å². The van der Waals surface area contributed by atoms with E-state index >= 15 is 0 Å². The van der Waals surface area contributed by atoms with Crippen molar-refractivity contribution in [1.82, 2.24) is 9.80 Å². The maximum absolute atomic E-state index is 10.9. The molecule has 0 saturated carbocycles. The van der Waals surface area contributed by atoms with Crippen molar-refractivity contribution in [1.29, 1.82) is 0 Å². The summed E-state index contributed by atoms with van der Waals surface area (Å²) in [4.78, 5) is 15.1. The molecule has 1 aliphatic heterocycles. The summed E-state index contributed by atoms with van der Waals surface area (Å²) >= 11 is 0. The number of nitrogens with zero attached hydrogens (tertiary/aromatic N) is 2. The molecule has 80 valence electrons. The standard InChI is InChI=1S/C10H18N2O2/c1-3-9(10(13)14)12-6-4-5-11(2)7-8-12/h3,9H,1,4-8H2,2H3,(H,13,14). The number of hydrogen-bond acceptors (Lipinski definition) is 3. The fraction of sp³-hybridized carbons (Fsp3) is 0.700. The highest BCUT2D eigenvalue weighted by molar-refractivity contribution is 5.75. The Balaban J connectivity index is 2.57.